The molecule has 0 aliphatic carbocycles. The number of methoxy groups -OCH3 is 1. The van der Waals surface area contributed by atoms with Crippen molar-refractivity contribution in [3.05, 3.63) is 58.5 Å². The van der Waals surface area contributed by atoms with Crippen molar-refractivity contribution in [3.8, 4) is 5.75 Å². The molecule has 1 fully saturated rings. The van der Waals surface area contributed by atoms with E-state index >= 15 is 0 Å². The van der Waals surface area contributed by atoms with Crippen LogP contribution in [0.2, 0.25) is 0 Å². The van der Waals surface area contributed by atoms with Crippen LogP contribution in [0.3, 0.4) is 0 Å². The molecule has 4 aromatic rings. The first-order chi connectivity index (χ1) is 15.5. The fourth-order valence-corrected chi connectivity index (χ4v) is 4.29. The number of nitrogens with zero attached hydrogens (tertiary/aromatic N) is 7. The minimum absolute atomic E-state index is 0.171. The van der Waals surface area contributed by atoms with Crippen LogP contribution in [-0.4, -0.2) is 66.4 Å². The Balaban J connectivity index is 1.55. The number of fused-ring (bicyclic) bond motifs is 3. The Morgan fingerprint density at radius 3 is 2.53 bits per heavy atom. The molecule has 0 bridgehead atoms. The lowest BCUT2D eigenvalue weighted by Crippen LogP contribution is -2.45. The molecule has 166 valence electrons. The van der Waals surface area contributed by atoms with Gasteiger partial charge in [-0.2, -0.15) is 9.61 Å². The molecular formula is C22H25N7O3. The maximum atomic E-state index is 13.1. The van der Waals surface area contributed by atoms with Gasteiger partial charge in [-0.15, -0.1) is 0 Å². The Kier molecular flexibility index (Phi) is 5.32. The van der Waals surface area contributed by atoms with Crippen molar-refractivity contribution in [2.24, 2.45) is 0 Å². The van der Waals surface area contributed by atoms with Crippen LogP contribution in [-0.2, 0) is 17.8 Å². The lowest BCUT2D eigenvalue weighted by molar-refractivity contribution is -0.0707. The third-order valence-electron chi connectivity index (χ3n) is 5.61. The zero-order chi connectivity index (χ0) is 22.2. The number of benzene rings is 1. The molecule has 2 atom stereocenters. The van der Waals surface area contributed by atoms with E-state index in [0.717, 1.165) is 30.1 Å². The summed E-state index contributed by atoms with van der Waals surface area (Å²) in [5, 5.41) is 4.12. The van der Waals surface area contributed by atoms with E-state index in [0.29, 0.717) is 29.9 Å². The minimum atomic E-state index is -0.307. The summed E-state index contributed by atoms with van der Waals surface area (Å²) in [5.41, 5.74) is 2.91. The van der Waals surface area contributed by atoms with E-state index < -0.39 is 0 Å². The maximum Gasteiger partial charge on any atom is 0.352 e. The van der Waals surface area contributed by atoms with Crippen LogP contribution in [0.15, 0.2) is 41.6 Å². The van der Waals surface area contributed by atoms with Crippen molar-refractivity contribution in [1.29, 1.82) is 0 Å². The van der Waals surface area contributed by atoms with Crippen molar-refractivity contribution in [1.82, 2.24) is 34.0 Å². The van der Waals surface area contributed by atoms with Crippen LogP contribution < -0.4 is 10.4 Å². The number of aromatic nitrogens is 6. The van der Waals surface area contributed by atoms with Gasteiger partial charge in [-0.25, -0.2) is 19.7 Å². The average Bonchev–Trinajstić information content (AvgIpc) is 3.27. The highest BCUT2D eigenvalue weighted by atomic mass is 16.5. The van der Waals surface area contributed by atoms with Crippen molar-refractivity contribution in [3.63, 3.8) is 0 Å². The van der Waals surface area contributed by atoms with E-state index in [1.165, 1.54) is 10.8 Å². The van der Waals surface area contributed by atoms with Gasteiger partial charge in [0.15, 0.2) is 16.8 Å². The molecule has 1 aliphatic rings. The fourth-order valence-electron chi connectivity index (χ4n) is 4.29. The highest BCUT2D eigenvalue weighted by Gasteiger charge is 2.23. The first-order valence-corrected chi connectivity index (χ1v) is 10.6. The summed E-state index contributed by atoms with van der Waals surface area (Å²) in [6.45, 7) is 6.81. The molecule has 0 N–H and O–H groups in total. The number of morpholine rings is 1. The number of hydrogen-bond donors (Lipinski definition) is 0. The Hall–Kier alpha value is -3.37. The van der Waals surface area contributed by atoms with E-state index in [9.17, 15) is 4.79 Å². The quantitative estimate of drug-likeness (QED) is 0.465. The summed E-state index contributed by atoms with van der Waals surface area (Å²) in [6.07, 6.45) is 3.45. The topological polar surface area (TPSA) is 99.7 Å². The van der Waals surface area contributed by atoms with Crippen LogP contribution in [0.1, 0.15) is 25.1 Å². The fraction of sp³-hybridized carbons (Fsp3) is 0.409. The van der Waals surface area contributed by atoms with E-state index in [1.54, 1.807) is 17.9 Å². The van der Waals surface area contributed by atoms with Crippen molar-refractivity contribution >= 4 is 16.8 Å². The summed E-state index contributed by atoms with van der Waals surface area (Å²) in [4.78, 5) is 29.2. The second-order valence-corrected chi connectivity index (χ2v) is 8.20. The average molecular weight is 435 g/mol. The molecule has 0 amide bonds. The van der Waals surface area contributed by atoms with E-state index in [2.05, 4.69) is 33.8 Å². The Labute approximate surface area is 184 Å². The van der Waals surface area contributed by atoms with Crippen molar-refractivity contribution < 1.29 is 9.47 Å². The highest BCUT2D eigenvalue weighted by Crippen LogP contribution is 2.18. The number of ether oxygens (including phenoxy) is 2. The third-order valence-corrected chi connectivity index (χ3v) is 5.61. The third kappa shape index (κ3) is 3.82. The van der Waals surface area contributed by atoms with Gasteiger partial charge in [0.1, 0.15) is 12.1 Å². The Bertz CT molecular complexity index is 1310. The smallest absolute Gasteiger partial charge is 0.352 e. The van der Waals surface area contributed by atoms with Gasteiger partial charge in [-0.1, -0.05) is 12.1 Å². The van der Waals surface area contributed by atoms with E-state index in [4.69, 9.17) is 14.5 Å². The SMILES string of the molecule is COc1ccc(Cn2c(=O)n3ncnc3c3nc(CN4CC(C)OC(C)C4)cnc32)cc1. The molecule has 10 heteroatoms. The Morgan fingerprint density at radius 1 is 1.06 bits per heavy atom. The maximum absolute atomic E-state index is 13.1. The lowest BCUT2D eigenvalue weighted by Gasteiger charge is -2.35. The molecule has 0 saturated carbocycles. The van der Waals surface area contributed by atoms with Gasteiger partial charge in [-0.3, -0.25) is 9.47 Å². The largest absolute Gasteiger partial charge is 0.497 e. The molecule has 10 nitrogen and oxygen atoms in total. The second-order valence-electron chi connectivity index (χ2n) is 8.20. The lowest BCUT2D eigenvalue weighted by atomic mass is 10.2. The standard InChI is InChI=1S/C22H25N7O3/c1-14-9-27(10-15(2)32-14)12-17-8-23-20-19(26-17)21-24-13-25-29(21)22(30)28(20)11-16-4-6-18(31-3)7-5-16/h4-8,13-15H,9-12H2,1-3H3. The van der Waals surface area contributed by atoms with Crippen LogP contribution in [0.25, 0.3) is 16.8 Å². The van der Waals surface area contributed by atoms with Gasteiger partial charge in [-0.05, 0) is 31.5 Å². The first-order valence-electron chi connectivity index (χ1n) is 10.6. The van der Waals surface area contributed by atoms with Gasteiger partial charge < -0.3 is 9.47 Å². The van der Waals surface area contributed by atoms with Crippen LogP contribution in [0.4, 0.5) is 0 Å². The minimum Gasteiger partial charge on any atom is -0.497 e. The molecule has 0 radical (unpaired) electrons. The van der Waals surface area contributed by atoms with Crippen molar-refractivity contribution in [2.45, 2.75) is 39.1 Å². The number of hydrogen-bond acceptors (Lipinski definition) is 8. The van der Waals surface area contributed by atoms with Gasteiger partial charge in [0.05, 0.1) is 37.8 Å². The van der Waals surface area contributed by atoms with Gasteiger partial charge >= 0.3 is 5.69 Å². The summed E-state index contributed by atoms with van der Waals surface area (Å²) in [5.74, 6) is 0.758. The molecule has 3 aromatic heterocycles. The van der Waals surface area contributed by atoms with Crippen molar-refractivity contribution in [2.75, 3.05) is 20.2 Å². The summed E-state index contributed by atoms with van der Waals surface area (Å²) < 4.78 is 13.9. The summed E-state index contributed by atoms with van der Waals surface area (Å²) in [6, 6.07) is 7.58. The molecule has 4 heterocycles. The molecule has 1 aliphatic heterocycles. The zero-order valence-electron chi connectivity index (χ0n) is 18.3. The van der Waals surface area contributed by atoms with E-state index in [-0.39, 0.29) is 17.9 Å². The molecule has 2 unspecified atom stereocenters. The first kappa shape index (κ1) is 20.5. The van der Waals surface area contributed by atoms with Crippen LogP contribution >= 0.6 is 0 Å². The zero-order valence-corrected chi connectivity index (χ0v) is 18.3. The molecular weight excluding hydrogens is 410 g/mol. The molecule has 1 aromatic carbocycles. The molecule has 5 rings (SSSR count). The van der Waals surface area contributed by atoms with Gasteiger partial charge in [0.25, 0.3) is 0 Å². The molecule has 32 heavy (non-hydrogen) atoms. The molecule has 1 saturated heterocycles. The number of rotatable bonds is 5. The summed E-state index contributed by atoms with van der Waals surface area (Å²) in [7, 11) is 1.62. The highest BCUT2D eigenvalue weighted by molar-refractivity contribution is 5.84. The second kappa shape index (κ2) is 8.29. The molecule has 0 spiro atoms. The normalized spacial score (nSPS) is 19.6. The predicted octanol–water partition coefficient (Wildman–Crippen LogP) is 1.50. The van der Waals surface area contributed by atoms with E-state index in [1.807, 2.05) is 24.3 Å². The monoisotopic (exact) mass is 435 g/mol. The van der Waals surface area contributed by atoms with Gasteiger partial charge in [0, 0.05) is 19.6 Å². The van der Waals surface area contributed by atoms with Crippen LogP contribution in [0.5, 0.6) is 5.75 Å². The van der Waals surface area contributed by atoms with Crippen LogP contribution in [0, 0.1) is 0 Å². The van der Waals surface area contributed by atoms with Gasteiger partial charge in [0.2, 0.25) is 0 Å². The Morgan fingerprint density at radius 2 is 1.81 bits per heavy atom. The predicted molar refractivity (Wildman–Crippen MR) is 118 cm³/mol. The summed E-state index contributed by atoms with van der Waals surface area (Å²) >= 11 is 0.